The number of nitrogens with one attached hydrogen (secondary N) is 3. The lowest BCUT2D eigenvalue weighted by Crippen LogP contribution is -2.39. The molecule has 3 rings (SSSR count). The Balaban J connectivity index is 0.00000208. The first-order valence-electron chi connectivity index (χ1n) is 7.97. The van der Waals surface area contributed by atoms with Crippen LogP contribution in [0.25, 0.3) is 10.8 Å². The summed E-state index contributed by atoms with van der Waals surface area (Å²) in [5.74, 6) is 0.355. The molecule has 5 nitrogen and oxygen atoms in total. The van der Waals surface area contributed by atoms with Gasteiger partial charge in [-0.3, -0.25) is 9.59 Å². The molecular weight excluding hydrogens is 326 g/mol. The van der Waals surface area contributed by atoms with E-state index in [1.807, 2.05) is 42.5 Å². The van der Waals surface area contributed by atoms with E-state index in [1.54, 1.807) is 0 Å². The molecule has 0 bridgehead atoms. The highest BCUT2D eigenvalue weighted by atomic mass is 35.5. The van der Waals surface area contributed by atoms with Crippen molar-refractivity contribution < 1.29 is 9.59 Å². The number of benzene rings is 2. The molecule has 0 heterocycles. The monoisotopic (exact) mass is 347 g/mol. The topological polar surface area (TPSA) is 70.2 Å². The fourth-order valence-electron chi connectivity index (χ4n) is 2.48. The molecule has 1 fully saturated rings. The van der Waals surface area contributed by atoms with E-state index in [4.69, 9.17) is 0 Å². The summed E-state index contributed by atoms with van der Waals surface area (Å²) in [5.41, 5.74) is 0.759. The van der Waals surface area contributed by atoms with Crippen LogP contribution < -0.4 is 16.0 Å². The van der Waals surface area contributed by atoms with Gasteiger partial charge in [-0.15, -0.1) is 12.4 Å². The number of rotatable bonds is 7. The predicted molar refractivity (Wildman–Crippen MR) is 98.4 cm³/mol. The number of hydrogen-bond donors (Lipinski definition) is 3. The first-order chi connectivity index (χ1) is 11.2. The van der Waals surface area contributed by atoms with Crippen LogP contribution in [0.2, 0.25) is 0 Å². The van der Waals surface area contributed by atoms with Crippen LogP contribution in [0.5, 0.6) is 0 Å². The number of carbonyl (C=O) groups is 2. The first kappa shape index (κ1) is 18.2. The molecule has 24 heavy (non-hydrogen) atoms. The predicted octanol–water partition coefficient (Wildman–Crippen LogP) is 2.32. The van der Waals surface area contributed by atoms with Gasteiger partial charge in [0.15, 0.2) is 0 Å². The van der Waals surface area contributed by atoms with Crippen molar-refractivity contribution in [1.29, 1.82) is 0 Å². The Morgan fingerprint density at radius 2 is 1.71 bits per heavy atom. The summed E-state index contributed by atoms with van der Waals surface area (Å²) in [5, 5.41) is 10.6. The summed E-state index contributed by atoms with van der Waals surface area (Å²) >= 11 is 0. The van der Waals surface area contributed by atoms with E-state index in [-0.39, 0.29) is 37.3 Å². The molecule has 2 aromatic rings. The molecule has 1 saturated carbocycles. The molecule has 0 unspecified atom stereocenters. The quantitative estimate of drug-likeness (QED) is 0.720. The SMILES string of the molecule is Cl.O=C(CNCC1CC1)NCC(=O)Nc1cccc2ccccc12. The Morgan fingerprint density at radius 1 is 0.958 bits per heavy atom. The van der Waals surface area contributed by atoms with Gasteiger partial charge in [0.2, 0.25) is 11.8 Å². The van der Waals surface area contributed by atoms with E-state index in [1.165, 1.54) is 12.8 Å². The van der Waals surface area contributed by atoms with Gasteiger partial charge in [-0.25, -0.2) is 0 Å². The molecule has 2 amide bonds. The van der Waals surface area contributed by atoms with Crippen LogP contribution in [0, 0.1) is 5.92 Å². The Labute approximate surface area is 147 Å². The Morgan fingerprint density at radius 3 is 2.50 bits per heavy atom. The van der Waals surface area contributed by atoms with E-state index in [9.17, 15) is 9.59 Å². The summed E-state index contributed by atoms with van der Waals surface area (Å²) in [6, 6.07) is 13.6. The third kappa shape index (κ3) is 5.22. The Kier molecular flexibility index (Phi) is 6.58. The maximum Gasteiger partial charge on any atom is 0.243 e. The summed E-state index contributed by atoms with van der Waals surface area (Å²) in [4.78, 5) is 23.7. The number of carbonyl (C=O) groups excluding carboxylic acids is 2. The maximum atomic E-state index is 12.0. The largest absolute Gasteiger partial charge is 0.346 e. The lowest BCUT2D eigenvalue weighted by Gasteiger charge is -2.10. The van der Waals surface area contributed by atoms with Crippen LogP contribution in [-0.4, -0.2) is 31.4 Å². The highest BCUT2D eigenvalue weighted by Crippen LogP contribution is 2.27. The van der Waals surface area contributed by atoms with Crippen molar-refractivity contribution in [3.05, 3.63) is 42.5 Å². The molecule has 6 heteroatoms. The number of halogens is 1. The number of amides is 2. The minimum atomic E-state index is -0.225. The normalized spacial score (nSPS) is 13.2. The van der Waals surface area contributed by atoms with E-state index < -0.39 is 0 Å². The molecule has 0 aliphatic heterocycles. The van der Waals surface area contributed by atoms with Crippen molar-refractivity contribution in [3.63, 3.8) is 0 Å². The zero-order chi connectivity index (χ0) is 16.1. The minimum Gasteiger partial charge on any atom is -0.346 e. The molecule has 0 saturated heterocycles. The van der Waals surface area contributed by atoms with Crippen molar-refractivity contribution in [1.82, 2.24) is 10.6 Å². The van der Waals surface area contributed by atoms with Crippen LogP contribution in [0.4, 0.5) is 5.69 Å². The molecule has 3 N–H and O–H groups in total. The number of hydrogen-bond acceptors (Lipinski definition) is 3. The van der Waals surface area contributed by atoms with Crippen LogP contribution in [0.15, 0.2) is 42.5 Å². The zero-order valence-corrected chi connectivity index (χ0v) is 14.2. The molecule has 2 aromatic carbocycles. The third-order valence-electron chi connectivity index (χ3n) is 3.93. The molecule has 0 spiro atoms. The summed E-state index contributed by atoms with van der Waals surface area (Å²) in [6.45, 7) is 1.13. The molecule has 0 radical (unpaired) electrons. The van der Waals surface area contributed by atoms with Gasteiger partial charge < -0.3 is 16.0 Å². The smallest absolute Gasteiger partial charge is 0.243 e. The summed E-state index contributed by atoms with van der Waals surface area (Å²) in [6.07, 6.45) is 2.50. The Hall–Kier alpha value is -2.11. The van der Waals surface area contributed by atoms with E-state index in [0.29, 0.717) is 0 Å². The van der Waals surface area contributed by atoms with Crippen LogP contribution in [0.3, 0.4) is 0 Å². The van der Waals surface area contributed by atoms with Gasteiger partial charge in [0, 0.05) is 11.1 Å². The summed E-state index contributed by atoms with van der Waals surface area (Å²) in [7, 11) is 0. The second-order valence-electron chi connectivity index (χ2n) is 5.93. The van der Waals surface area contributed by atoms with Gasteiger partial charge in [-0.1, -0.05) is 36.4 Å². The second kappa shape index (κ2) is 8.66. The minimum absolute atomic E-state index is 0. The Bertz CT molecular complexity index is 711. The molecule has 1 aliphatic carbocycles. The number of anilines is 1. The molecule has 0 aromatic heterocycles. The lowest BCUT2D eigenvalue weighted by atomic mass is 10.1. The fourth-order valence-corrected chi connectivity index (χ4v) is 2.48. The van der Waals surface area contributed by atoms with E-state index in [0.717, 1.165) is 28.9 Å². The van der Waals surface area contributed by atoms with Gasteiger partial charge in [0.05, 0.1) is 13.1 Å². The van der Waals surface area contributed by atoms with Crippen LogP contribution >= 0.6 is 12.4 Å². The summed E-state index contributed by atoms with van der Waals surface area (Å²) < 4.78 is 0. The van der Waals surface area contributed by atoms with Gasteiger partial charge in [0.1, 0.15) is 0 Å². The third-order valence-corrected chi connectivity index (χ3v) is 3.93. The highest BCUT2D eigenvalue weighted by Gasteiger charge is 2.20. The zero-order valence-electron chi connectivity index (χ0n) is 13.4. The van der Waals surface area contributed by atoms with E-state index in [2.05, 4.69) is 16.0 Å². The van der Waals surface area contributed by atoms with Gasteiger partial charge in [-0.05, 0) is 36.8 Å². The first-order valence-corrected chi connectivity index (χ1v) is 7.97. The average molecular weight is 348 g/mol. The van der Waals surface area contributed by atoms with Gasteiger partial charge >= 0.3 is 0 Å². The maximum absolute atomic E-state index is 12.0. The van der Waals surface area contributed by atoms with Crippen LogP contribution in [-0.2, 0) is 9.59 Å². The lowest BCUT2D eigenvalue weighted by molar-refractivity contribution is -0.123. The van der Waals surface area contributed by atoms with Gasteiger partial charge in [-0.2, -0.15) is 0 Å². The fraction of sp³-hybridized carbons (Fsp3) is 0.333. The number of fused-ring (bicyclic) bond motifs is 1. The van der Waals surface area contributed by atoms with Crippen molar-refractivity contribution in [3.8, 4) is 0 Å². The molecule has 0 atom stereocenters. The molecular formula is C18H22ClN3O2. The second-order valence-corrected chi connectivity index (χ2v) is 5.93. The van der Waals surface area contributed by atoms with Crippen molar-refractivity contribution >= 4 is 40.7 Å². The van der Waals surface area contributed by atoms with Crippen molar-refractivity contribution in [2.24, 2.45) is 5.92 Å². The van der Waals surface area contributed by atoms with Crippen LogP contribution in [0.1, 0.15) is 12.8 Å². The molecule has 1 aliphatic rings. The van der Waals surface area contributed by atoms with Crippen molar-refractivity contribution in [2.45, 2.75) is 12.8 Å². The average Bonchev–Trinajstić information content (AvgIpc) is 3.38. The highest BCUT2D eigenvalue weighted by molar-refractivity contribution is 6.03. The molecule has 128 valence electrons. The standard InChI is InChI=1S/C18H21N3O2.ClH/c22-17(11-19-10-13-8-9-13)20-12-18(23)21-16-7-3-5-14-4-1-2-6-15(14)16;/h1-7,13,19H,8-12H2,(H,20,22)(H,21,23);1H. The van der Waals surface area contributed by atoms with E-state index >= 15 is 0 Å². The van der Waals surface area contributed by atoms with Crippen molar-refractivity contribution in [2.75, 3.05) is 25.0 Å². The van der Waals surface area contributed by atoms with Gasteiger partial charge in [0.25, 0.3) is 0 Å².